The van der Waals surface area contributed by atoms with Gasteiger partial charge in [0.2, 0.25) is 10.0 Å². The molecule has 1 unspecified atom stereocenters. The number of unbranched alkanes of at least 4 members (excludes halogenated alkanes) is 4. The Morgan fingerprint density at radius 2 is 1.83 bits per heavy atom. The lowest BCUT2D eigenvalue weighted by atomic mass is 10.1. The highest BCUT2D eigenvalue weighted by Crippen LogP contribution is 2.19. The number of carboxylic acid groups (broad SMARTS) is 1. The molecule has 9 heteroatoms. The molecular formula is C20H33NO7S. The van der Waals surface area contributed by atoms with E-state index in [-0.39, 0.29) is 18.8 Å². The Morgan fingerprint density at radius 1 is 1.10 bits per heavy atom. The van der Waals surface area contributed by atoms with Crippen LogP contribution in [-0.4, -0.2) is 56.7 Å². The molecule has 0 aliphatic rings. The molecule has 0 heterocycles. The third-order valence-corrected chi connectivity index (χ3v) is 5.79. The summed E-state index contributed by atoms with van der Waals surface area (Å²) in [6.07, 6.45) is 3.89. The summed E-state index contributed by atoms with van der Waals surface area (Å²) in [5.74, 6) is 0.505. The molecular weight excluding hydrogens is 398 g/mol. The zero-order valence-electron chi connectivity index (χ0n) is 17.0. The lowest BCUT2D eigenvalue weighted by Crippen LogP contribution is -2.27. The van der Waals surface area contributed by atoms with Gasteiger partial charge in [-0.25, -0.2) is 13.1 Å². The van der Waals surface area contributed by atoms with Gasteiger partial charge in [-0.05, 0) is 44.2 Å². The van der Waals surface area contributed by atoms with Crippen molar-refractivity contribution in [2.45, 2.75) is 57.5 Å². The molecule has 29 heavy (non-hydrogen) atoms. The normalized spacial score (nSPS) is 12.5. The van der Waals surface area contributed by atoms with Crippen LogP contribution in [0.5, 0.6) is 11.5 Å². The quantitative estimate of drug-likeness (QED) is 0.324. The first-order valence-corrected chi connectivity index (χ1v) is 11.6. The maximum absolute atomic E-state index is 11.9. The van der Waals surface area contributed by atoms with Crippen LogP contribution < -0.4 is 14.2 Å². The van der Waals surface area contributed by atoms with Gasteiger partial charge in [-0.15, -0.1) is 0 Å². The van der Waals surface area contributed by atoms with Crippen molar-refractivity contribution in [1.82, 2.24) is 4.72 Å². The maximum Gasteiger partial charge on any atom is 0.303 e. The standard InChI is InChI=1S/C20H33NO7S/c1-27-18-10-8-11-19(15-18)28-16-17(22)9-5-7-14-29(25,26)21-13-6-3-2-4-12-20(23)24/h8,10-11,15,17,21-22H,2-7,9,12-14,16H2,1H3,(H,23,24). The summed E-state index contributed by atoms with van der Waals surface area (Å²) in [5, 5.41) is 18.5. The van der Waals surface area contributed by atoms with E-state index in [2.05, 4.69) is 4.72 Å². The van der Waals surface area contributed by atoms with E-state index >= 15 is 0 Å². The minimum absolute atomic E-state index is 0.0233. The van der Waals surface area contributed by atoms with Crippen LogP contribution in [0, 0.1) is 0 Å². The molecule has 0 saturated carbocycles. The van der Waals surface area contributed by atoms with E-state index in [1.807, 2.05) is 0 Å². The van der Waals surface area contributed by atoms with Gasteiger partial charge in [0.05, 0.1) is 19.0 Å². The average molecular weight is 432 g/mol. The Morgan fingerprint density at radius 3 is 2.55 bits per heavy atom. The zero-order chi connectivity index (χ0) is 21.5. The SMILES string of the molecule is COc1cccc(OCC(O)CCCCS(=O)(=O)NCCCCCCC(=O)O)c1. The number of sulfonamides is 1. The van der Waals surface area contributed by atoms with E-state index in [0.717, 1.165) is 12.8 Å². The largest absolute Gasteiger partial charge is 0.497 e. The number of carboxylic acids is 1. The molecule has 0 aromatic heterocycles. The number of aliphatic hydroxyl groups excluding tert-OH is 1. The number of rotatable bonds is 17. The molecule has 0 fully saturated rings. The number of aliphatic carboxylic acids is 1. The lowest BCUT2D eigenvalue weighted by Gasteiger charge is -2.13. The van der Waals surface area contributed by atoms with E-state index in [0.29, 0.717) is 50.1 Å². The smallest absolute Gasteiger partial charge is 0.303 e. The van der Waals surface area contributed by atoms with E-state index in [4.69, 9.17) is 14.6 Å². The second-order valence-electron chi connectivity index (χ2n) is 6.91. The van der Waals surface area contributed by atoms with Gasteiger partial charge in [-0.3, -0.25) is 4.79 Å². The molecule has 166 valence electrons. The summed E-state index contributed by atoms with van der Waals surface area (Å²) in [7, 11) is -1.75. The summed E-state index contributed by atoms with van der Waals surface area (Å²) in [6, 6.07) is 7.11. The van der Waals surface area contributed by atoms with Crippen molar-refractivity contribution in [2.24, 2.45) is 0 Å². The van der Waals surface area contributed by atoms with Crippen LogP contribution in [0.4, 0.5) is 0 Å². The van der Waals surface area contributed by atoms with Crippen LogP contribution in [0.3, 0.4) is 0 Å². The number of ether oxygens (including phenoxy) is 2. The summed E-state index contributed by atoms with van der Waals surface area (Å²) in [4.78, 5) is 10.4. The fraction of sp³-hybridized carbons (Fsp3) is 0.650. The zero-order valence-corrected chi connectivity index (χ0v) is 17.8. The number of hydrogen-bond acceptors (Lipinski definition) is 6. The molecule has 3 N–H and O–H groups in total. The molecule has 1 atom stereocenters. The highest BCUT2D eigenvalue weighted by atomic mass is 32.2. The van der Waals surface area contributed by atoms with Gasteiger partial charge in [-0.1, -0.05) is 18.9 Å². The van der Waals surface area contributed by atoms with Crippen molar-refractivity contribution in [2.75, 3.05) is 26.0 Å². The summed E-state index contributed by atoms with van der Waals surface area (Å²) in [5.41, 5.74) is 0. The number of hydrogen-bond donors (Lipinski definition) is 3. The van der Waals surface area contributed by atoms with Gasteiger partial charge in [-0.2, -0.15) is 0 Å². The van der Waals surface area contributed by atoms with E-state index in [1.54, 1.807) is 31.4 Å². The first kappa shape index (κ1) is 25.2. The van der Waals surface area contributed by atoms with Gasteiger partial charge in [0.15, 0.2) is 0 Å². The second kappa shape index (κ2) is 14.2. The minimum Gasteiger partial charge on any atom is -0.497 e. The molecule has 0 aliphatic heterocycles. The molecule has 0 saturated heterocycles. The number of methoxy groups -OCH3 is 1. The molecule has 0 radical (unpaired) electrons. The summed E-state index contributed by atoms with van der Waals surface area (Å²) in [6.45, 7) is 0.506. The van der Waals surface area contributed by atoms with E-state index < -0.39 is 22.1 Å². The first-order chi connectivity index (χ1) is 13.8. The molecule has 1 rings (SSSR count). The molecule has 0 amide bonds. The Labute approximate surface area is 173 Å². The monoisotopic (exact) mass is 431 g/mol. The Kier molecular flexibility index (Phi) is 12.3. The van der Waals surface area contributed by atoms with Crippen LogP contribution in [0.2, 0.25) is 0 Å². The number of nitrogens with one attached hydrogen (secondary N) is 1. The molecule has 0 aliphatic carbocycles. The van der Waals surface area contributed by atoms with Crippen molar-refractivity contribution in [3.8, 4) is 11.5 Å². The Bertz CT molecular complexity index is 694. The van der Waals surface area contributed by atoms with Gasteiger partial charge < -0.3 is 19.7 Å². The molecule has 1 aromatic carbocycles. The van der Waals surface area contributed by atoms with E-state index in [1.165, 1.54) is 0 Å². The topological polar surface area (TPSA) is 122 Å². The number of benzene rings is 1. The molecule has 1 aromatic rings. The third-order valence-electron chi connectivity index (χ3n) is 4.32. The number of carbonyl (C=O) groups is 1. The Hall–Kier alpha value is -1.84. The van der Waals surface area contributed by atoms with Crippen LogP contribution in [-0.2, 0) is 14.8 Å². The highest BCUT2D eigenvalue weighted by molar-refractivity contribution is 7.89. The van der Waals surface area contributed by atoms with E-state index in [9.17, 15) is 18.3 Å². The predicted molar refractivity (Wildman–Crippen MR) is 111 cm³/mol. The predicted octanol–water partition coefficient (Wildman–Crippen LogP) is 2.56. The first-order valence-electron chi connectivity index (χ1n) is 9.96. The molecule has 8 nitrogen and oxygen atoms in total. The molecule has 0 bridgehead atoms. The van der Waals surface area contributed by atoms with Gasteiger partial charge in [0.25, 0.3) is 0 Å². The number of aliphatic hydroxyl groups is 1. The van der Waals surface area contributed by atoms with Crippen molar-refractivity contribution in [3.63, 3.8) is 0 Å². The second-order valence-corrected chi connectivity index (χ2v) is 8.84. The van der Waals surface area contributed by atoms with Crippen LogP contribution in [0.25, 0.3) is 0 Å². The van der Waals surface area contributed by atoms with Crippen LogP contribution in [0.15, 0.2) is 24.3 Å². The fourth-order valence-electron chi connectivity index (χ4n) is 2.69. The fourth-order valence-corrected chi connectivity index (χ4v) is 3.88. The summed E-state index contributed by atoms with van der Waals surface area (Å²) < 4.78 is 37.1. The molecule has 0 spiro atoms. The lowest BCUT2D eigenvalue weighted by molar-refractivity contribution is -0.137. The minimum atomic E-state index is -3.32. The van der Waals surface area contributed by atoms with Gasteiger partial charge >= 0.3 is 5.97 Å². The highest BCUT2D eigenvalue weighted by Gasteiger charge is 2.11. The van der Waals surface area contributed by atoms with Gasteiger partial charge in [0.1, 0.15) is 18.1 Å². The average Bonchev–Trinajstić information content (AvgIpc) is 2.69. The Balaban J connectivity index is 2.08. The van der Waals surface area contributed by atoms with Crippen LogP contribution in [0.1, 0.15) is 51.4 Å². The third kappa shape index (κ3) is 13.1. The van der Waals surface area contributed by atoms with Crippen molar-refractivity contribution < 1.29 is 32.9 Å². The summed E-state index contributed by atoms with van der Waals surface area (Å²) >= 11 is 0. The van der Waals surface area contributed by atoms with Crippen molar-refractivity contribution in [3.05, 3.63) is 24.3 Å². The van der Waals surface area contributed by atoms with Gasteiger partial charge in [0, 0.05) is 19.0 Å². The van der Waals surface area contributed by atoms with Crippen molar-refractivity contribution in [1.29, 1.82) is 0 Å². The maximum atomic E-state index is 11.9. The van der Waals surface area contributed by atoms with Crippen LogP contribution >= 0.6 is 0 Å². The van der Waals surface area contributed by atoms with Crippen molar-refractivity contribution >= 4 is 16.0 Å².